The van der Waals surface area contributed by atoms with E-state index >= 15 is 0 Å². The average molecular weight is 407 g/mol. The molecule has 27 heavy (non-hydrogen) atoms. The molecule has 0 aliphatic carbocycles. The van der Waals surface area contributed by atoms with Crippen molar-refractivity contribution < 1.29 is 29.4 Å². The summed E-state index contributed by atoms with van der Waals surface area (Å²) in [5, 5.41) is 25.7. The van der Waals surface area contributed by atoms with Gasteiger partial charge in [-0.05, 0) is 31.3 Å². The molecule has 0 rings (SSSR count). The maximum absolute atomic E-state index is 12.5. The van der Waals surface area contributed by atoms with Gasteiger partial charge < -0.3 is 31.9 Å². The molecule has 0 aromatic carbocycles. The molecule has 0 saturated heterocycles. The van der Waals surface area contributed by atoms with Gasteiger partial charge in [0.25, 0.3) is 0 Å². The quantitative estimate of drug-likeness (QED) is 0.222. The van der Waals surface area contributed by atoms with Gasteiger partial charge in [-0.1, -0.05) is 13.8 Å². The number of aliphatic hydroxyl groups is 1. The molecule has 0 spiro atoms. The van der Waals surface area contributed by atoms with Gasteiger partial charge in [0.05, 0.1) is 12.6 Å². The Morgan fingerprint density at radius 2 is 1.48 bits per heavy atom. The van der Waals surface area contributed by atoms with Gasteiger partial charge in [-0.2, -0.15) is 11.8 Å². The number of aliphatic carboxylic acids is 1. The number of nitrogens with two attached hydrogens (primary N) is 1. The first kappa shape index (κ1) is 25.1. The Labute approximate surface area is 163 Å². The van der Waals surface area contributed by atoms with Crippen LogP contribution in [0.4, 0.5) is 0 Å². The number of amides is 3. The van der Waals surface area contributed by atoms with Crippen LogP contribution in [0.3, 0.4) is 0 Å². The van der Waals surface area contributed by atoms with Crippen molar-refractivity contribution in [1.82, 2.24) is 16.0 Å². The maximum atomic E-state index is 12.5. The Bertz CT molecular complexity index is 529. The summed E-state index contributed by atoms with van der Waals surface area (Å²) < 4.78 is 0. The van der Waals surface area contributed by atoms with Crippen molar-refractivity contribution in [2.45, 2.75) is 51.4 Å². The van der Waals surface area contributed by atoms with E-state index in [0.29, 0.717) is 5.75 Å². The zero-order chi connectivity index (χ0) is 21.1. The SMILES string of the molecule is CSCCC(NC(=O)C(CO)NC(=O)C(C)N)C(=O)NC(C(=O)O)C(C)C. The maximum Gasteiger partial charge on any atom is 0.326 e. The number of hydrogen-bond acceptors (Lipinski definition) is 7. The molecule has 0 radical (unpaired) electrons. The van der Waals surface area contributed by atoms with Gasteiger partial charge in [0.1, 0.15) is 18.1 Å². The Hall–Kier alpha value is -1.85. The summed E-state index contributed by atoms with van der Waals surface area (Å²) in [5.41, 5.74) is 5.42. The molecular formula is C16H30N4O6S. The fourth-order valence-electron chi connectivity index (χ4n) is 2.04. The summed E-state index contributed by atoms with van der Waals surface area (Å²) in [7, 11) is 0. The van der Waals surface area contributed by atoms with E-state index in [-0.39, 0.29) is 12.3 Å². The molecule has 10 nitrogen and oxygen atoms in total. The molecule has 0 bridgehead atoms. The average Bonchev–Trinajstić information content (AvgIpc) is 2.59. The summed E-state index contributed by atoms with van der Waals surface area (Å²) in [6, 6.07) is -4.25. The minimum absolute atomic E-state index is 0.253. The molecular weight excluding hydrogens is 376 g/mol. The number of rotatable bonds is 12. The van der Waals surface area contributed by atoms with Crippen LogP contribution >= 0.6 is 11.8 Å². The smallest absolute Gasteiger partial charge is 0.326 e. The standard InChI is InChI=1S/C16H30N4O6S/c1-8(2)12(16(25)26)20-14(23)10(5-6-27-4)18-15(24)11(7-21)19-13(22)9(3)17/h8-12,21H,5-7,17H2,1-4H3,(H,18,24)(H,19,22)(H,20,23)(H,25,26). The highest BCUT2D eigenvalue weighted by atomic mass is 32.2. The molecule has 0 heterocycles. The molecule has 0 fully saturated rings. The Morgan fingerprint density at radius 3 is 1.89 bits per heavy atom. The van der Waals surface area contributed by atoms with Crippen LogP contribution < -0.4 is 21.7 Å². The topological polar surface area (TPSA) is 171 Å². The van der Waals surface area contributed by atoms with Gasteiger partial charge in [-0.3, -0.25) is 14.4 Å². The fourth-order valence-corrected chi connectivity index (χ4v) is 2.51. The van der Waals surface area contributed by atoms with Crippen LogP contribution in [-0.4, -0.2) is 76.7 Å². The molecule has 0 aliphatic heterocycles. The van der Waals surface area contributed by atoms with E-state index in [1.54, 1.807) is 13.8 Å². The van der Waals surface area contributed by atoms with Gasteiger partial charge in [-0.25, -0.2) is 4.79 Å². The number of carbonyl (C=O) groups excluding carboxylic acids is 3. The van der Waals surface area contributed by atoms with Crippen molar-refractivity contribution in [3.05, 3.63) is 0 Å². The second-order valence-electron chi connectivity index (χ2n) is 6.44. The first-order valence-corrected chi connectivity index (χ1v) is 9.93. The molecule has 0 aliphatic rings. The van der Waals surface area contributed by atoms with E-state index in [2.05, 4.69) is 16.0 Å². The van der Waals surface area contributed by atoms with Crippen LogP contribution in [-0.2, 0) is 19.2 Å². The van der Waals surface area contributed by atoms with E-state index < -0.39 is 54.5 Å². The number of carboxylic acid groups (broad SMARTS) is 1. The summed E-state index contributed by atoms with van der Waals surface area (Å²) in [5.74, 6) is -3.02. The Kier molecular flexibility index (Phi) is 11.7. The zero-order valence-electron chi connectivity index (χ0n) is 16.0. The highest BCUT2D eigenvalue weighted by molar-refractivity contribution is 7.98. The van der Waals surface area contributed by atoms with Gasteiger partial charge in [0, 0.05) is 0 Å². The summed E-state index contributed by atoms with van der Waals surface area (Å²) in [6.45, 7) is 4.05. The first-order valence-electron chi connectivity index (χ1n) is 8.54. The lowest BCUT2D eigenvalue weighted by Gasteiger charge is -2.25. The van der Waals surface area contributed by atoms with Crippen molar-refractivity contribution in [2.24, 2.45) is 11.7 Å². The van der Waals surface area contributed by atoms with E-state index in [4.69, 9.17) is 5.73 Å². The van der Waals surface area contributed by atoms with Crippen molar-refractivity contribution in [1.29, 1.82) is 0 Å². The number of thioether (sulfide) groups is 1. The van der Waals surface area contributed by atoms with Crippen LogP contribution in [0.25, 0.3) is 0 Å². The van der Waals surface area contributed by atoms with E-state index in [9.17, 15) is 29.4 Å². The molecule has 11 heteroatoms. The number of carbonyl (C=O) groups is 4. The lowest BCUT2D eigenvalue weighted by molar-refractivity contribution is -0.143. The second-order valence-corrected chi connectivity index (χ2v) is 7.43. The largest absolute Gasteiger partial charge is 0.480 e. The zero-order valence-corrected chi connectivity index (χ0v) is 16.8. The van der Waals surface area contributed by atoms with Gasteiger partial charge in [0.15, 0.2) is 0 Å². The van der Waals surface area contributed by atoms with Crippen LogP contribution in [0.1, 0.15) is 27.2 Å². The van der Waals surface area contributed by atoms with Crippen molar-refractivity contribution in [2.75, 3.05) is 18.6 Å². The van der Waals surface area contributed by atoms with Crippen LogP contribution in [0.2, 0.25) is 0 Å². The Balaban J connectivity index is 5.16. The molecule has 0 aromatic rings. The molecule has 156 valence electrons. The van der Waals surface area contributed by atoms with Crippen molar-refractivity contribution in [3.8, 4) is 0 Å². The van der Waals surface area contributed by atoms with E-state index in [1.165, 1.54) is 18.7 Å². The first-order chi connectivity index (χ1) is 12.5. The van der Waals surface area contributed by atoms with Gasteiger partial charge in [0.2, 0.25) is 17.7 Å². The summed E-state index contributed by atoms with van der Waals surface area (Å²) in [4.78, 5) is 47.7. The third kappa shape index (κ3) is 9.07. The van der Waals surface area contributed by atoms with Gasteiger partial charge in [-0.15, -0.1) is 0 Å². The molecule has 4 unspecified atom stereocenters. The van der Waals surface area contributed by atoms with E-state index in [0.717, 1.165) is 0 Å². The van der Waals surface area contributed by atoms with E-state index in [1.807, 2.05) is 6.26 Å². The highest BCUT2D eigenvalue weighted by Gasteiger charge is 2.30. The molecule has 0 saturated carbocycles. The molecule has 4 atom stereocenters. The normalized spacial score (nSPS) is 15.4. The monoisotopic (exact) mass is 406 g/mol. The third-order valence-electron chi connectivity index (χ3n) is 3.70. The van der Waals surface area contributed by atoms with Crippen LogP contribution in [0.15, 0.2) is 0 Å². The van der Waals surface area contributed by atoms with Crippen LogP contribution in [0, 0.1) is 5.92 Å². The third-order valence-corrected chi connectivity index (χ3v) is 4.35. The summed E-state index contributed by atoms with van der Waals surface area (Å²) in [6.07, 6.45) is 2.08. The summed E-state index contributed by atoms with van der Waals surface area (Å²) >= 11 is 1.45. The lowest BCUT2D eigenvalue weighted by atomic mass is 10.0. The molecule has 3 amide bonds. The number of hydrogen-bond donors (Lipinski definition) is 6. The predicted octanol–water partition coefficient (Wildman–Crippen LogP) is -1.73. The predicted molar refractivity (Wildman–Crippen MR) is 102 cm³/mol. The second kappa shape index (κ2) is 12.5. The number of aliphatic hydroxyl groups excluding tert-OH is 1. The van der Waals surface area contributed by atoms with Crippen LogP contribution in [0.5, 0.6) is 0 Å². The highest BCUT2D eigenvalue weighted by Crippen LogP contribution is 2.06. The minimum Gasteiger partial charge on any atom is -0.480 e. The minimum atomic E-state index is -1.27. The Morgan fingerprint density at radius 1 is 0.963 bits per heavy atom. The number of nitrogens with one attached hydrogen (secondary N) is 3. The fraction of sp³-hybridized carbons (Fsp3) is 0.750. The molecule has 7 N–H and O–H groups in total. The van der Waals surface area contributed by atoms with Crippen molar-refractivity contribution in [3.63, 3.8) is 0 Å². The van der Waals surface area contributed by atoms with Gasteiger partial charge >= 0.3 is 5.97 Å². The van der Waals surface area contributed by atoms with Crippen molar-refractivity contribution >= 4 is 35.5 Å². The lowest BCUT2D eigenvalue weighted by Crippen LogP contribution is -2.58. The number of carboxylic acids is 1. The molecule has 0 aromatic heterocycles.